The van der Waals surface area contributed by atoms with E-state index in [2.05, 4.69) is 13.8 Å². The highest BCUT2D eigenvalue weighted by molar-refractivity contribution is 5.47. The first kappa shape index (κ1) is 14.6. The van der Waals surface area contributed by atoms with Crippen molar-refractivity contribution < 1.29 is 4.79 Å². The molecule has 18 heavy (non-hydrogen) atoms. The second kappa shape index (κ2) is 7.04. The van der Waals surface area contributed by atoms with Gasteiger partial charge in [0, 0.05) is 18.8 Å². The average molecular weight is 248 g/mol. The third kappa shape index (κ3) is 4.78. The summed E-state index contributed by atoms with van der Waals surface area (Å²) in [5, 5.41) is 0. The molecule has 1 unspecified atom stereocenters. The highest BCUT2D eigenvalue weighted by Gasteiger charge is 2.23. The summed E-state index contributed by atoms with van der Waals surface area (Å²) in [4.78, 5) is 12.2. The first-order chi connectivity index (χ1) is 8.52. The lowest BCUT2D eigenvalue weighted by Crippen LogP contribution is -2.19. The first-order valence-electron chi connectivity index (χ1n) is 6.54. The van der Waals surface area contributed by atoms with E-state index in [-0.39, 0.29) is 0 Å². The summed E-state index contributed by atoms with van der Waals surface area (Å²) >= 11 is 0. The van der Waals surface area contributed by atoms with Crippen LogP contribution in [0.25, 0.3) is 0 Å². The molecule has 2 rings (SSSR count). The van der Waals surface area contributed by atoms with Crippen LogP contribution in [0.3, 0.4) is 0 Å². The van der Waals surface area contributed by atoms with Gasteiger partial charge in [0.25, 0.3) is 0 Å². The van der Waals surface area contributed by atoms with Crippen molar-refractivity contribution >= 4 is 12.1 Å². The van der Waals surface area contributed by atoms with Gasteiger partial charge in [-0.2, -0.15) is 0 Å². The number of hydrogen-bond donors (Lipinski definition) is 1. The van der Waals surface area contributed by atoms with E-state index in [4.69, 9.17) is 5.73 Å². The van der Waals surface area contributed by atoms with Crippen LogP contribution in [0.1, 0.15) is 25.8 Å². The Hall–Kier alpha value is -1.51. The van der Waals surface area contributed by atoms with Crippen LogP contribution >= 0.6 is 0 Å². The predicted molar refractivity (Wildman–Crippen MR) is 76.2 cm³/mol. The molecule has 0 aromatic heterocycles. The lowest BCUT2D eigenvalue weighted by atomic mass is 9.95. The van der Waals surface area contributed by atoms with Gasteiger partial charge in [0.1, 0.15) is 0 Å². The molecule has 100 valence electrons. The average Bonchev–Trinajstić information content (AvgIpc) is 2.83. The molecule has 1 amide bonds. The number of rotatable bonds is 2. The quantitative estimate of drug-likeness (QED) is 0.646. The molecule has 1 fully saturated rings. The molecule has 3 nitrogen and oxygen atoms in total. The van der Waals surface area contributed by atoms with Crippen molar-refractivity contribution in [2.75, 3.05) is 18.8 Å². The maximum Gasteiger partial charge on any atom is 0.209 e. The molecule has 0 bridgehead atoms. The molecule has 1 saturated heterocycles. The van der Waals surface area contributed by atoms with Gasteiger partial charge in [-0.05, 0) is 37.3 Å². The van der Waals surface area contributed by atoms with Crippen LogP contribution in [0, 0.1) is 18.8 Å². The van der Waals surface area contributed by atoms with E-state index in [0.717, 1.165) is 37.0 Å². The van der Waals surface area contributed by atoms with Gasteiger partial charge in [0.2, 0.25) is 6.41 Å². The Morgan fingerprint density at radius 3 is 2.28 bits per heavy atom. The smallest absolute Gasteiger partial charge is 0.209 e. The molecule has 0 saturated carbocycles. The van der Waals surface area contributed by atoms with Crippen LogP contribution < -0.4 is 5.73 Å². The number of anilines is 1. The van der Waals surface area contributed by atoms with Crippen molar-refractivity contribution in [2.45, 2.75) is 27.2 Å². The Bertz CT molecular complexity index is 338. The van der Waals surface area contributed by atoms with Crippen molar-refractivity contribution in [3.05, 3.63) is 29.8 Å². The zero-order valence-electron chi connectivity index (χ0n) is 11.6. The van der Waals surface area contributed by atoms with Gasteiger partial charge in [-0.3, -0.25) is 4.79 Å². The maximum atomic E-state index is 10.3. The molecule has 0 spiro atoms. The number of aryl methyl sites for hydroxylation is 1. The molecule has 1 aromatic carbocycles. The van der Waals surface area contributed by atoms with Crippen molar-refractivity contribution in [3.63, 3.8) is 0 Å². The Morgan fingerprint density at radius 2 is 1.94 bits per heavy atom. The largest absolute Gasteiger partial charge is 0.399 e. The lowest BCUT2D eigenvalue weighted by Gasteiger charge is -2.13. The zero-order chi connectivity index (χ0) is 13.5. The van der Waals surface area contributed by atoms with E-state index in [1.807, 2.05) is 36.1 Å². The number of carbonyl (C=O) groups is 1. The molecule has 0 radical (unpaired) electrons. The van der Waals surface area contributed by atoms with E-state index in [0.29, 0.717) is 0 Å². The van der Waals surface area contributed by atoms with E-state index in [1.165, 1.54) is 12.0 Å². The standard InChI is InChI=1S/C8H15NO.C7H9N/c1-7(2)8-3-4-9(5-8)6-10;1-6-2-4-7(8)5-3-6/h6-8H,3-5H2,1-2H3;2-5H,8H2,1H3. The van der Waals surface area contributed by atoms with Crippen molar-refractivity contribution in [1.82, 2.24) is 4.90 Å². The highest BCUT2D eigenvalue weighted by Crippen LogP contribution is 2.21. The fourth-order valence-electron chi connectivity index (χ4n) is 2.02. The molecule has 1 aliphatic heterocycles. The minimum Gasteiger partial charge on any atom is -0.399 e. The van der Waals surface area contributed by atoms with E-state index < -0.39 is 0 Å². The summed E-state index contributed by atoms with van der Waals surface area (Å²) in [6.45, 7) is 8.42. The van der Waals surface area contributed by atoms with Gasteiger partial charge < -0.3 is 10.6 Å². The molecule has 1 heterocycles. The normalized spacial score (nSPS) is 18.4. The summed E-state index contributed by atoms with van der Waals surface area (Å²) in [6, 6.07) is 7.79. The van der Waals surface area contributed by atoms with Crippen LogP contribution in [-0.4, -0.2) is 24.4 Å². The zero-order valence-corrected chi connectivity index (χ0v) is 11.6. The topological polar surface area (TPSA) is 46.3 Å². The van der Waals surface area contributed by atoms with Gasteiger partial charge in [-0.15, -0.1) is 0 Å². The van der Waals surface area contributed by atoms with Gasteiger partial charge in [0.15, 0.2) is 0 Å². The van der Waals surface area contributed by atoms with Gasteiger partial charge in [-0.25, -0.2) is 0 Å². The Labute approximate surface area is 110 Å². The Balaban J connectivity index is 0.000000184. The number of benzene rings is 1. The fraction of sp³-hybridized carbons (Fsp3) is 0.533. The molecule has 0 aliphatic carbocycles. The fourth-order valence-corrected chi connectivity index (χ4v) is 2.02. The second-order valence-electron chi connectivity index (χ2n) is 5.30. The third-order valence-electron chi connectivity index (χ3n) is 3.43. The first-order valence-corrected chi connectivity index (χ1v) is 6.54. The minimum atomic E-state index is 0.727. The number of nitrogens with two attached hydrogens (primary N) is 1. The minimum absolute atomic E-state index is 0.727. The molecule has 1 aliphatic rings. The van der Waals surface area contributed by atoms with Gasteiger partial charge in [-0.1, -0.05) is 31.5 Å². The van der Waals surface area contributed by atoms with E-state index in [1.54, 1.807) is 0 Å². The van der Waals surface area contributed by atoms with Crippen molar-refractivity contribution in [1.29, 1.82) is 0 Å². The summed E-state index contributed by atoms with van der Waals surface area (Å²) < 4.78 is 0. The monoisotopic (exact) mass is 248 g/mol. The van der Waals surface area contributed by atoms with Crippen molar-refractivity contribution in [3.8, 4) is 0 Å². The van der Waals surface area contributed by atoms with Crippen molar-refractivity contribution in [2.24, 2.45) is 11.8 Å². The van der Waals surface area contributed by atoms with Crippen LogP contribution in [0.15, 0.2) is 24.3 Å². The van der Waals surface area contributed by atoms with Gasteiger partial charge >= 0.3 is 0 Å². The number of hydrogen-bond acceptors (Lipinski definition) is 2. The highest BCUT2D eigenvalue weighted by atomic mass is 16.1. The number of nitrogens with zero attached hydrogens (tertiary/aromatic N) is 1. The summed E-state index contributed by atoms with van der Waals surface area (Å²) in [7, 11) is 0. The SMILES string of the molecule is CC(C)C1CCN(C=O)C1.Cc1ccc(N)cc1. The molecular weight excluding hydrogens is 224 g/mol. The van der Waals surface area contributed by atoms with Crippen LogP contribution in [0.5, 0.6) is 0 Å². The predicted octanol–water partition coefficient (Wildman–Crippen LogP) is 2.70. The number of carbonyl (C=O) groups excluding carboxylic acids is 1. The Morgan fingerprint density at radius 1 is 1.33 bits per heavy atom. The van der Waals surface area contributed by atoms with E-state index >= 15 is 0 Å². The number of likely N-dealkylation sites (tertiary alicyclic amines) is 1. The number of nitrogen functional groups attached to an aromatic ring is 1. The molecule has 2 N–H and O–H groups in total. The van der Waals surface area contributed by atoms with Crippen LogP contribution in [0.4, 0.5) is 5.69 Å². The van der Waals surface area contributed by atoms with Crippen LogP contribution in [-0.2, 0) is 4.79 Å². The molecule has 1 aromatic rings. The molecule has 1 atom stereocenters. The third-order valence-corrected chi connectivity index (χ3v) is 3.43. The number of amides is 1. The van der Waals surface area contributed by atoms with E-state index in [9.17, 15) is 4.79 Å². The summed E-state index contributed by atoms with van der Waals surface area (Å²) in [6.07, 6.45) is 2.15. The summed E-state index contributed by atoms with van der Waals surface area (Å²) in [5.41, 5.74) is 7.51. The van der Waals surface area contributed by atoms with Gasteiger partial charge in [0.05, 0.1) is 0 Å². The summed E-state index contributed by atoms with van der Waals surface area (Å²) in [5.74, 6) is 1.47. The maximum absolute atomic E-state index is 10.3. The lowest BCUT2D eigenvalue weighted by molar-refractivity contribution is -0.117. The molecule has 3 heteroatoms. The second-order valence-corrected chi connectivity index (χ2v) is 5.30. The molecular formula is C15H24N2O. The van der Waals surface area contributed by atoms with Crippen LogP contribution in [0.2, 0.25) is 0 Å². The Kier molecular flexibility index (Phi) is 5.69.